The van der Waals surface area contributed by atoms with Gasteiger partial charge in [-0.25, -0.2) is 4.39 Å². The highest BCUT2D eigenvalue weighted by atomic mass is 19.1. The minimum atomic E-state index is -0.459. The van der Waals surface area contributed by atoms with Gasteiger partial charge in [0.1, 0.15) is 24.1 Å². The first-order chi connectivity index (χ1) is 15.5. The topological polar surface area (TPSA) is 71.3 Å². The summed E-state index contributed by atoms with van der Waals surface area (Å²) in [7, 11) is 1.51. The van der Waals surface area contributed by atoms with Crippen molar-refractivity contribution >= 4 is 12.0 Å². The van der Waals surface area contributed by atoms with Gasteiger partial charge in [-0.05, 0) is 54.0 Å². The first kappa shape index (κ1) is 22.6. The fraction of sp³-hybridized carbons (Fsp3) is 0.154. The molecule has 5 nitrogen and oxygen atoms in total. The van der Waals surface area contributed by atoms with Gasteiger partial charge >= 0.3 is 0 Å². The highest BCUT2D eigenvalue weighted by molar-refractivity contribution is 6.01. The Kier molecular flexibility index (Phi) is 7.60. The largest absolute Gasteiger partial charge is 0.493 e. The minimum Gasteiger partial charge on any atom is -0.493 e. The summed E-state index contributed by atoms with van der Waals surface area (Å²) in [6.07, 6.45) is 1.50. The normalized spacial score (nSPS) is 11.9. The molecule has 0 aliphatic heterocycles. The Morgan fingerprint density at radius 1 is 1.09 bits per heavy atom. The predicted octanol–water partition coefficient (Wildman–Crippen LogP) is 5.20. The molecular weight excluding hydrogens is 407 g/mol. The molecule has 32 heavy (non-hydrogen) atoms. The van der Waals surface area contributed by atoms with E-state index in [2.05, 4.69) is 5.32 Å². The van der Waals surface area contributed by atoms with Crippen LogP contribution in [0.4, 0.5) is 4.39 Å². The lowest BCUT2D eigenvalue weighted by Crippen LogP contribution is -2.27. The number of amides is 1. The highest BCUT2D eigenvalue weighted by Gasteiger charge is 2.14. The van der Waals surface area contributed by atoms with E-state index in [4.69, 9.17) is 9.47 Å². The van der Waals surface area contributed by atoms with Crippen molar-refractivity contribution < 1.29 is 18.7 Å². The number of halogens is 1. The van der Waals surface area contributed by atoms with Gasteiger partial charge < -0.3 is 14.8 Å². The Labute approximate surface area is 186 Å². The van der Waals surface area contributed by atoms with E-state index in [1.807, 2.05) is 43.3 Å². The number of carbonyl (C=O) groups is 1. The smallest absolute Gasteiger partial charge is 0.262 e. The van der Waals surface area contributed by atoms with E-state index in [1.54, 1.807) is 30.3 Å². The molecule has 0 radical (unpaired) electrons. The van der Waals surface area contributed by atoms with Gasteiger partial charge in [0.15, 0.2) is 11.5 Å². The van der Waals surface area contributed by atoms with Crippen LogP contribution >= 0.6 is 0 Å². The first-order valence-corrected chi connectivity index (χ1v) is 10.0. The molecule has 1 N–H and O–H groups in total. The van der Waals surface area contributed by atoms with Gasteiger partial charge in [0.2, 0.25) is 0 Å². The zero-order valence-electron chi connectivity index (χ0n) is 17.8. The second-order valence-corrected chi connectivity index (χ2v) is 7.10. The van der Waals surface area contributed by atoms with Gasteiger partial charge in [0, 0.05) is 0 Å². The first-order valence-electron chi connectivity index (χ1n) is 10.0. The monoisotopic (exact) mass is 430 g/mol. The summed E-state index contributed by atoms with van der Waals surface area (Å²) in [5.74, 6) is 0.184. The highest BCUT2D eigenvalue weighted by Crippen LogP contribution is 2.30. The van der Waals surface area contributed by atoms with Crippen LogP contribution < -0.4 is 14.8 Å². The van der Waals surface area contributed by atoms with Crippen molar-refractivity contribution in [3.8, 4) is 17.6 Å². The molecule has 0 bridgehead atoms. The molecule has 0 aliphatic carbocycles. The summed E-state index contributed by atoms with van der Waals surface area (Å²) in [5, 5.41) is 12.3. The molecule has 3 rings (SSSR count). The van der Waals surface area contributed by atoms with Crippen LogP contribution in [0.5, 0.6) is 11.5 Å². The molecule has 0 unspecified atom stereocenters. The zero-order chi connectivity index (χ0) is 22.9. The number of methoxy groups -OCH3 is 1. The number of rotatable bonds is 8. The molecule has 3 aromatic rings. The number of hydrogen-bond donors (Lipinski definition) is 1. The molecule has 1 amide bonds. The molecule has 0 aromatic heterocycles. The number of nitriles is 1. The van der Waals surface area contributed by atoms with Crippen LogP contribution in [0.25, 0.3) is 6.08 Å². The van der Waals surface area contributed by atoms with Crippen LogP contribution in [-0.4, -0.2) is 13.0 Å². The van der Waals surface area contributed by atoms with Crippen molar-refractivity contribution in [2.75, 3.05) is 7.11 Å². The van der Waals surface area contributed by atoms with Crippen molar-refractivity contribution in [2.24, 2.45) is 0 Å². The van der Waals surface area contributed by atoms with Crippen molar-refractivity contribution in [3.05, 3.63) is 101 Å². The van der Waals surface area contributed by atoms with Crippen molar-refractivity contribution in [3.63, 3.8) is 0 Å². The van der Waals surface area contributed by atoms with E-state index in [1.165, 1.54) is 25.3 Å². The molecule has 0 spiro atoms. The van der Waals surface area contributed by atoms with Gasteiger partial charge in [-0.3, -0.25) is 4.79 Å². The number of benzene rings is 3. The molecule has 0 heterocycles. The van der Waals surface area contributed by atoms with Crippen LogP contribution in [0.2, 0.25) is 0 Å². The van der Waals surface area contributed by atoms with Crippen LogP contribution in [-0.2, 0) is 11.4 Å². The second kappa shape index (κ2) is 10.8. The number of nitrogens with one attached hydrogen (secondary N) is 1. The number of ether oxygens (including phenoxy) is 2. The van der Waals surface area contributed by atoms with Gasteiger partial charge in [0.25, 0.3) is 5.91 Å². The quantitative estimate of drug-likeness (QED) is 0.394. The third-order valence-corrected chi connectivity index (χ3v) is 4.82. The van der Waals surface area contributed by atoms with Gasteiger partial charge in [-0.15, -0.1) is 0 Å². The molecule has 0 saturated carbocycles. The molecule has 1 atom stereocenters. The third-order valence-electron chi connectivity index (χ3n) is 4.82. The summed E-state index contributed by atoms with van der Waals surface area (Å²) < 4.78 is 24.2. The Hall–Kier alpha value is -4.11. The van der Waals surface area contributed by atoms with E-state index in [9.17, 15) is 14.4 Å². The third kappa shape index (κ3) is 5.96. The second-order valence-electron chi connectivity index (χ2n) is 7.10. The molecular formula is C26H23FN2O3. The molecule has 0 saturated heterocycles. The maximum Gasteiger partial charge on any atom is 0.262 e. The predicted molar refractivity (Wildman–Crippen MR) is 120 cm³/mol. The lowest BCUT2D eigenvalue weighted by Gasteiger charge is -2.14. The Bertz CT molecular complexity index is 1140. The molecule has 6 heteroatoms. The number of hydrogen-bond acceptors (Lipinski definition) is 4. The lowest BCUT2D eigenvalue weighted by atomic mass is 10.1. The zero-order valence-corrected chi connectivity index (χ0v) is 17.8. The van der Waals surface area contributed by atoms with Crippen LogP contribution in [0, 0.1) is 17.1 Å². The fourth-order valence-corrected chi connectivity index (χ4v) is 3.05. The Morgan fingerprint density at radius 2 is 1.81 bits per heavy atom. The van der Waals surface area contributed by atoms with Crippen LogP contribution in [0.3, 0.4) is 0 Å². The van der Waals surface area contributed by atoms with E-state index >= 15 is 0 Å². The Morgan fingerprint density at radius 3 is 2.47 bits per heavy atom. The number of carbonyl (C=O) groups excluding carboxylic acids is 1. The summed E-state index contributed by atoms with van der Waals surface area (Å²) in [6, 6.07) is 22.4. The van der Waals surface area contributed by atoms with E-state index in [0.717, 1.165) is 11.1 Å². The fourth-order valence-electron chi connectivity index (χ4n) is 3.05. The van der Waals surface area contributed by atoms with Crippen molar-refractivity contribution in [1.29, 1.82) is 5.26 Å². The van der Waals surface area contributed by atoms with E-state index < -0.39 is 5.91 Å². The van der Waals surface area contributed by atoms with Crippen LogP contribution in [0.15, 0.2) is 78.4 Å². The molecule has 0 fully saturated rings. The van der Waals surface area contributed by atoms with E-state index in [0.29, 0.717) is 17.1 Å². The van der Waals surface area contributed by atoms with Gasteiger partial charge in [0.05, 0.1) is 13.2 Å². The Balaban J connectivity index is 1.72. The summed E-state index contributed by atoms with van der Waals surface area (Å²) in [4.78, 5) is 12.6. The lowest BCUT2D eigenvalue weighted by molar-refractivity contribution is -0.117. The van der Waals surface area contributed by atoms with Crippen molar-refractivity contribution in [2.45, 2.75) is 19.6 Å². The molecule has 0 aliphatic rings. The standard InChI is InChI=1S/C26H23FN2O3/c1-18(21-6-4-3-5-7-21)29-26(30)22(16-28)14-20-10-13-24(25(15-20)31-2)32-17-19-8-11-23(27)12-9-19/h3-15,18H,17H2,1-2H3,(H,29,30)/b22-14+/t18-/m1/s1. The maximum absolute atomic E-state index is 13.0. The summed E-state index contributed by atoms with van der Waals surface area (Å²) in [6.45, 7) is 2.10. The maximum atomic E-state index is 13.0. The van der Waals surface area contributed by atoms with Gasteiger partial charge in [-0.1, -0.05) is 48.5 Å². The molecule has 3 aromatic carbocycles. The summed E-state index contributed by atoms with van der Waals surface area (Å²) >= 11 is 0. The average molecular weight is 430 g/mol. The van der Waals surface area contributed by atoms with Crippen LogP contribution in [0.1, 0.15) is 29.7 Å². The van der Waals surface area contributed by atoms with E-state index in [-0.39, 0.29) is 24.0 Å². The average Bonchev–Trinajstić information content (AvgIpc) is 2.82. The van der Waals surface area contributed by atoms with Crippen molar-refractivity contribution in [1.82, 2.24) is 5.32 Å². The van der Waals surface area contributed by atoms with Gasteiger partial charge in [-0.2, -0.15) is 5.26 Å². The minimum absolute atomic E-state index is 0.0187. The number of nitrogens with zero attached hydrogens (tertiary/aromatic N) is 1. The summed E-state index contributed by atoms with van der Waals surface area (Å²) in [5.41, 5.74) is 2.36. The SMILES string of the molecule is COc1cc(/C=C(\C#N)C(=O)N[C@H](C)c2ccccc2)ccc1OCc1ccc(F)cc1. The molecule has 162 valence electrons.